The Hall–Kier alpha value is -2.35. The van der Waals surface area contributed by atoms with Crippen molar-refractivity contribution in [3.63, 3.8) is 0 Å². The Bertz CT molecular complexity index is 685. The molecule has 122 valence electrons. The highest BCUT2D eigenvalue weighted by Crippen LogP contribution is 2.15. The van der Waals surface area contributed by atoms with Gasteiger partial charge in [0.15, 0.2) is 5.13 Å². The Labute approximate surface area is 135 Å². The maximum Gasteiger partial charge on any atom is 0.257 e. The van der Waals surface area contributed by atoms with Crippen molar-refractivity contribution in [3.05, 3.63) is 47.0 Å². The van der Waals surface area contributed by atoms with Crippen molar-refractivity contribution in [2.24, 2.45) is 5.92 Å². The third kappa shape index (κ3) is 4.10. The second kappa shape index (κ2) is 7.28. The lowest BCUT2D eigenvalue weighted by atomic mass is 10.0. The fraction of sp³-hybridized carbons (Fsp3) is 0.267. The van der Waals surface area contributed by atoms with Crippen LogP contribution in [0.5, 0.6) is 0 Å². The van der Waals surface area contributed by atoms with Gasteiger partial charge in [-0.25, -0.2) is 13.8 Å². The van der Waals surface area contributed by atoms with Crippen LogP contribution >= 0.6 is 11.3 Å². The number of nitrogens with zero attached hydrogens (tertiary/aromatic N) is 1. The van der Waals surface area contributed by atoms with E-state index in [1.165, 1.54) is 17.5 Å². The van der Waals surface area contributed by atoms with Gasteiger partial charge in [-0.1, -0.05) is 19.9 Å². The number of hydrogen-bond acceptors (Lipinski definition) is 4. The number of carbonyl (C=O) groups excluding carboxylic acids is 2. The zero-order valence-corrected chi connectivity index (χ0v) is 13.3. The molecule has 0 radical (unpaired) electrons. The first-order valence-electron chi connectivity index (χ1n) is 6.85. The standard InChI is InChI=1S/C15H15F2N3O2S/c1-8(2)12(14(22)20-15-18-6-7-23-15)19-13(21)11-9(16)4-3-5-10(11)17/h3-8,12H,1-2H3,(H,19,21)(H,18,20,22)/t12-/m0/s1. The van der Waals surface area contributed by atoms with Crippen molar-refractivity contribution in [2.45, 2.75) is 19.9 Å². The van der Waals surface area contributed by atoms with Crippen molar-refractivity contribution in [1.82, 2.24) is 10.3 Å². The maximum atomic E-state index is 13.6. The van der Waals surface area contributed by atoms with Crippen LogP contribution in [-0.4, -0.2) is 22.8 Å². The highest BCUT2D eigenvalue weighted by Gasteiger charge is 2.27. The Kier molecular flexibility index (Phi) is 5.38. The molecule has 0 aliphatic rings. The molecule has 2 rings (SSSR count). The minimum Gasteiger partial charge on any atom is -0.340 e. The highest BCUT2D eigenvalue weighted by atomic mass is 32.1. The van der Waals surface area contributed by atoms with Crippen LogP contribution in [0.1, 0.15) is 24.2 Å². The highest BCUT2D eigenvalue weighted by molar-refractivity contribution is 7.13. The minimum atomic E-state index is -0.981. The van der Waals surface area contributed by atoms with Gasteiger partial charge < -0.3 is 10.6 Å². The van der Waals surface area contributed by atoms with Crippen LogP contribution in [0.3, 0.4) is 0 Å². The van der Waals surface area contributed by atoms with Crippen molar-refractivity contribution < 1.29 is 18.4 Å². The number of amides is 2. The molecule has 0 aliphatic heterocycles. The number of rotatable bonds is 5. The summed E-state index contributed by atoms with van der Waals surface area (Å²) in [5.74, 6) is -3.72. The first-order chi connectivity index (χ1) is 10.9. The van der Waals surface area contributed by atoms with Crippen LogP contribution in [0.4, 0.5) is 13.9 Å². The summed E-state index contributed by atoms with van der Waals surface area (Å²) in [6, 6.07) is 2.18. The average molecular weight is 339 g/mol. The van der Waals surface area contributed by atoms with E-state index in [1.54, 1.807) is 19.2 Å². The zero-order chi connectivity index (χ0) is 17.0. The van der Waals surface area contributed by atoms with Crippen LogP contribution in [0.2, 0.25) is 0 Å². The zero-order valence-electron chi connectivity index (χ0n) is 12.5. The molecular weight excluding hydrogens is 324 g/mol. The molecular formula is C15H15F2N3O2S. The summed E-state index contributed by atoms with van der Waals surface area (Å²) >= 11 is 1.22. The van der Waals surface area contributed by atoms with E-state index >= 15 is 0 Å². The molecule has 0 unspecified atom stereocenters. The first kappa shape index (κ1) is 17.0. The molecule has 1 aromatic heterocycles. The number of halogens is 2. The number of thiazole rings is 1. The topological polar surface area (TPSA) is 71.1 Å². The monoisotopic (exact) mass is 339 g/mol. The van der Waals surface area contributed by atoms with Crippen molar-refractivity contribution in [1.29, 1.82) is 0 Å². The number of carbonyl (C=O) groups is 2. The molecule has 0 saturated carbocycles. The molecule has 23 heavy (non-hydrogen) atoms. The van der Waals surface area contributed by atoms with Crippen LogP contribution in [0.25, 0.3) is 0 Å². The number of benzene rings is 1. The van der Waals surface area contributed by atoms with E-state index in [-0.39, 0.29) is 5.92 Å². The lowest BCUT2D eigenvalue weighted by Gasteiger charge is -2.21. The molecule has 0 fully saturated rings. The van der Waals surface area contributed by atoms with Crippen LogP contribution in [0, 0.1) is 17.6 Å². The summed E-state index contributed by atoms with van der Waals surface area (Å²) in [6.07, 6.45) is 1.53. The Morgan fingerprint density at radius 3 is 2.39 bits per heavy atom. The van der Waals surface area contributed by atoms with Gasteiger partial charge in [-0.15, -0.1) is 11.3 Å². The summed E-state index contributed by atoms with van der Waals surface area (Å²) in [4.78, 5) is 28.3. The van der Waals surface area contributed by atoms with Gasteiger partial charge >= 0.3 is 0 Å². The molecule has 1 aromatic carbocycles. The summed E-state index contributed by atoms with van der Waals surface area (Å²) in [5, 5.41) is 7.00. The molecule has 5 nitrogen and oxygen atoms in total. The van der Waals surface area contributed by atoms with Gasteiger partial charge in [-0.3, -0.25) is 9.59 Å². The van der Waals surface area contributed by atoms with Crippen molar-refractivity contribution in [2.75, 3.05) is 5.32 Å². The van der Waals surface area contributed by atoms with E-state index in [0.29, 0.717) is 5.13 Å². The lowest BCUT2D eigenvalue weighted by molar-refractivity contribution is -0.118. The van der Waals surface area contributed by atoms with E-state index in [2.05, 4.69) is 15.6 Å². The molecule has 1 atom stereocenters. The van der Waals surface area contributed by atoms with Gasteiger partial charge in [0.05, 0.1) is 0 Å². The molecule has 2 N–H and O–H groups in total. The van der Waals surface area contributed by atoms with Gasteiger partial charge in [0.2, 0.25) is 5.91 Å². The normalized spacial score (nSPS) is 12.0. The van der Waals surface area contributed by atoms with Gasteiger partial charge in [0.1, 0.15) is 23.2 Å². The van der Waals surface area contributed by atoms with E-state index in [0.717, 1.165) is 18.2 Å². The third-order valence-electron chi connectivity index (χ3n) is 3.09. The number of anilines is 1. The SMILES string of the molecule is CC(C)[C@H](NC(=O)c1c(F)cccc1F)C(=O)Nc1nccs1. The van der Waals surface area contributed by atoms with Crippen LogP contribution < -0.4 is 10.6 Å². The van der Waals surface area contributed by atoms with Crippen LogP contribution in [-0.2, 0) is 4.79 Å². The fourth-order valence-electron chi connectivity index (χ4n) is 1.93. The Morgan fingerprint density at radius 2 is 1.87 bits per heavy atom. The predicted molar refractivity (Wildman–Crippen MR) is 83.2 cm³/mol. The third-order valence-corrected chi connectivity index (χ3v) is 3.78. The molecule has 8 heteroatoms. The minimum absolute atomic E-state index is 0.284. The first-order valence-corrected chi connectivity index (χ1v) is 7.73. The quantitative estimate of drug-likeness (QED) is 0.880. The summed E-state index contributed by atoms with van der Waals surface area (Å²) in [7, 11) is 0. The van der Waals surface area contributed by atoms with E-state index in [1.807, 2.05) is 0 Å². The fourth-order valence-corrected chi connectivity index (χ4v) is 2.46. The van der Waals surface area contributed by atoms with E-state index < -0.39 is 35.1 Å². The predicted octanol–water partition coefficient (Wildman–Crippen LogP) is 2.81. The van der Waals surface area contributed by atoms with Gasteiger partial charge in [0.25, 0.3) is 5.91 Å². The second-order valence-electron chi connectivity index (χ2n) is 5.12. The van der Waals surface area contributed by atoms with Gasteiger partial charge in [0, 0.05) is 11.6 Å². The van der Waals surface area contributed by atoms with Crippen molar-refractivity contribution >= 4 is 28.3 Å². The molecule has 2 aromatic rings. The largest absolute Gasteiger partial charge is 0.340 e. The lowest BCUT2D eigenvalue weighted by Crippen LogP contribution is -2.47. The summed E-state index contributed by atoms with van der Waals surface area (Å²) in [6.45, 7) is 3.42. The summed E-state index contributed by atoms with van der Waals surface area (Å²) < 4.78 is 27.3. The molecule has 0 saturated heterocycles. The van der Waals surface area contributed by atoms with Gasteiger partial charge in [-0.05, 0) is 18.1 Å². The molecule has 0 bridgehead atoms. The molecule has 0 spiro atoms. The van der Waals surface area contributed by atoms with Gasteiger partial charge in [-0.2, -0.15) is 0 Å². The van der Waals surface area contributed by atoms with Crippen molar-refractivity contribution in [3.8, 4) is 0 Å². The number of aromatic nitrogens is 1. The average Bonchev–Trinajstić information content (AvgIpc) is 2.97. The number of hydrogen-bond donors (Lipinski definition) is 2. The Balaban J connectivity index is 2.16. The maximum absolute atomic E-state index is 13.6. The molecule has 1 heterocycles. The second-order valence-corrected chi connectivity index (χ2v) is 6.01. The molecule has 0 aliphatic carbocycles. The number of nitrogens with one attached hydrogen (secondary N) is 2. The van der Waals surface area contributed by atoms with E-state index in [4.69, 9.17) is 0 Å². The smallest absolute Gasteiger partial charge is 0.257 e. The van der Waals surface area contributed by atoms with E-state index in [9.17, 15) is 18.4 Å². The van der Waals surface area contributed by atoms with Crippen LogP contribution in [0.15, 0.2) is 29.8 Å². The molecule has 2 amide bonds. The Morgan fingerprint density at radius 1 is 1.22 bits per heavy atom. The summed E-state index contributed by atoms with van der Waals surface area (Å²) in [5.41, 5.74) is -0.708.